The van der Waals surface area contributed by atoms with Crippen molar-refractivity contribution in [3.05, 3.63) is 23.9 Å². The number of nitrogens with one attached hydrogen (secondary N) is 1. The highest BCUT2D eigenvalue weighted by Crippen LogP contribution is 2.21. The van der Waals surface area contributed by atoms with Crippen LogP contribution in [0.15, 0.2) is 18.3 Å². The molecule has 0 unspecified atom stereocenters. The molecule has 0 aliphatic rings. The van der Waals surface area contributed by atoms with Gasteiger partial charge in [0.1, 0.15) is 5.82 Å². The Hall–Kier alpha value is -1.09. The number of anilines is 1. The maximum absolute atomic E-state index is 4.44. The lowest BCUT2D eigenvalue weighted by Crippen LogP contribution is -2.17. The zero-order valence-corrected chi connectivity index (χ0v) is 11.7. The molecule has 0 saturated carbocycles. The van der Waals surface area contributed by atoms with Crippen LogP contribution in [0.5, 0.6) is 0 Å². The van der Waals surface area contributed by atoms with Gasteiger partial charge in [-0.1, -0.05) is 26.8 Å². The van der Waals surface area contributed by atoms with E-state index >= 15 is 0 Å². The van der Waals surface area contributed by atoms with Crippen LogP contribution in [0.25, 0.3) is 0 Å². The smallest absolute Gasteiger partial charge is 0.125 e. The van der Waals surface area contributed by atoms with Crippen LogP contribution < -0.4 is 5.32 Å². The first-order valence-corrected chi connectivity index (χ1v) is 6.25. The predicted octanol–water partition coefficient (Wildman–Crippen LogP) is 2.74. The molecule has 0 saturated heterocycles. The van der Waals surface area contributed by atoms with E-state index < -0.39 is 0 Å². The first-order chi connectivity index (χ1) is 7.89. The van der Waals surface area contributed by atoms with E-state index in [1.165, 1.54) is 5.56 Å². The lowest BCUT2D eigenvalue weighted by Gasteiger charge is -2.18. The van der Waals surface area contributed by atoms with Gasteiger partial charge in [-0.05, 0) is 44.1 Å². The average Bonchev–Trinajstić information content (AvgIpc) is 2.23. The minimum absolute atomic E-state index is 0.177. The maximum atomic E-state index is 4.44. The number of rotatable bonds is 5. The predicted molar refractivity (Wildman–Crippen MR) is 74.6 cm³/mol. The Morgan fingerprint density at radius 2 is 1.94 bits per heavy atom. The zero-order valence-electron chi connectivity index (χ0n) is 11.7. The Morgan fingerprint density at radius 3 is 2.41 bits per heavy atom. The van der Waals surface area contributed by atoms with Gasteiger partial charge in [0.25, 0.3) is 0 Å². The molecular formula is C14H25N3. The normalized spacial score (nSPS) is 11.9. The van der Waals surface area contributed by atoms with Crippen molar-refractivity contribution >= 4 is 5.82 Å². The molecule has 1 rings (SSSR count). The number of nitrogens with zero attached hydrogens (tertiary/aromatic N) is 2. The van der Waals surface area contributed by atoms with E-state index in [-0.39, 0.29) is 5.41 Å². The SMILES string of the molecule is CN(C)CCCNc1ccc(C(C)(C)C)cn1. The lowest BCUT2D eigenvalue weighted by molar-refractivity contribution is 0.405. The van der Waals surface area contributed by atoms with E-state index in [1.807, 2.05) is 6.20 Å². The van der Waals surface area contributed by atoms with E-state index in [0.29, 0.717) is 0 Å². The molecule has 1 aromatic rings. The molecule has 1 aromatic heterocycles. The second-order valence-corrected chi connectivity index (χ2v) is 5.77. The Kier molecular flexibility index (Phi) is 4.94. The molecule has 0 spiro atoms. The molecule has 1 heterocycles. The van der Waals surface area contributed by atoms with Crippen molar-refractivity contribution in [2.45, 2.75) is 32.6 Å². The third-order valence-corrected chi connectivity index (χ3v) is 2.72. The van der Waals surface area contributed by atoms with Gasteiger partial charge < -0.3 is 10.2 Å². The molecule has 0 amide bonds. The molecule has 96 valence electrons. The van der Waals surface area contributed by atoms with Crippen molar-refractivity contribution in [2.24, 2.45) is 0 Å². The molecular weight excluding hydrogens is 210 g/mol. The Morgan fingerprint density at radius 1 is 1.24 bits per heavy atom. The van der Waals surface area contributed by atoms with Crippen LogP contribution in [-0.4, -0.2) is 37.1 Å². The maximum Gasteiger partial charge on any atom is 0.125 e. The number of hydrogen-bond donors (Lipinski definition) is 1. The summed E-state index contributed by atoms with van der Waals surface area (Å²) >= 11 is 0. The molecule has 3 heteroatoms. The summed E-state index contributed by atoms with van der Waals surface area (Å²) in [7, 11) is 4.19. The number of aromatic nitrogens is 1. The van der Waals surface area contributed by atoms with Crippen molar-refractivity contribution in [1.29, 1.82) is 0 Å². The van der Waals surface area contributed by atoms with E-state index in [4.69, 9.17) is 0 Å². The van der Waals surface area contributed by atoms with Crippen LogP contribution >= 0.6 is 0 Å². The molecule has 1 N–H and O–H groups in total. The van der Waals surface area contributed by atoms with E-state index in [2.05, 4.69) is 62.2 Å². The Labute approximate surface area is 105 Å². The van der Waals surface area contributed by atoms with Gasteiger partial charge >= 0.3 is 0 Å². The van der Waals surface area contributed by atoms with Crippen LogP contribution in [-0.2, 0) is 5.41 Å². The summed E-state index contributed by atoms with van der Waals surface area (Å²) in [6, 6.07) is 4.22. The largest absolute Gasteiger partial charge is 0.370 e. The monoisotopic (exact) mass is 235 g/mol. The van der Waals surface area contributed by atoms with Gasteiger partial charge in [-0.3, -0.25) is 0 Å². The average molecular weight is 235 g/mol. The van der Waals surface area contributed by atoms with Crippen molar-refractivity contribution in [2.75, 3.05) is 32.5 Å². The molecule has 0 aliphatic heterocycles. The lowest BCUT2D eigenvalue weighted by atomic mass is 9.88. The molecule has 0 radical (unpaired) electrons. The summed E-state index contributed by atoms with van der Waals surface area (Å²) in [5.74, 6) is 0.969. The highest BCUT2D eigenvalue weighted by molar-refractivity contribution is 5.36. The first kappa shape index (κ1) is 14.0. The number of hydrogen-bond acceptors (Lipinski definition) is 3. The fraction of sp³-hybridized carbons (Fsp3) is 0.643. The minimum Gasteiger partial charge on any atom is -0.370 e. The topological polar surface area (TPSA) is 28.2 Å². The van der Waals surface area contributed by atoms with Crippen LogP contribution in [0, 0.1) is 0 Å². The fourth-order valence-corrected chi connectivity index (χ4v) is 1.55. The van der Waals surface area contributed by atoms with Crippen LogP contribution in [0.2, 0.25) is 0 Å². The molecule has 3 nitrogen and oxygen atoms in total. The quantitative estimate of drug-likeness (QED) is 0.795. The highest BCUT2D eigenvalue weighted by atomic mass is 15.1. The summed E-state index contributed by atoms with van der Waals surface area (Å²) in [4.78, 5) is 6.63. The van der Waals surface area contributed by atoms with Crippen molar-refractivity contribution in [1.82, 2.24) is 9.88 Å². The van der Waals surface area contributed by atoms with E-state index in [1.54, 1.807) is 0 Å². The fourth-order valence-electron chi connectivity index (χ4n) is 1.55. The zero-order chi connectivity index (χ0) is 12.9. The van der Waals surface area contributed by atoms with Crippen molar-refractivity contribution in [3.63, 3.8) is 0 Å². The van der Waals surface area contributed by atoms with Gasteiger partial charge in [-0.2, -0.15) is 0 Å². The standard InChI is InChI=1S/C14H25N3/c1-14(2,3)12-7-8-13(16-11-12)15-9-6-10-17(4)5/h7-8,11H,6,9-10H2,1-5H3,(H,15,16). The first-order valence-electron chi connectivity index (χ1n) is 6.25. The summed E-state index contributed by atoms with van der Waals surface area (Å²) in [5.41, 5.74) is 1.45. The number of pyridine rings is 1. The summed E-state index contributed by atoms with van der Waals surface area (Å²) in [5, 5.41) is 3.34. The minimum atomic E-state index is 0.177. The van der Waals surface area contributed by atoms with Crippen molar-refractivity contribution in [3.8, 4) is 0 Å². The molecule has 0 atom stereocenters. The van der Waals surface area contributed by atoms with Gasteiger partial charge in [-0.25, -0.2) is 4.98 Å². The summed E-state index contributed by atoms with van der Waals surface area (Å²) < 4.78 is 0. The summed E-state index contributed by atoms with van der Waals surface area (Å²) in [6.07, 6.45) is 3.10. The molecule has 0 aliphatic carbocycles. The highest BCUT2D eigenvalue weighted by Gasteiger charge is 2.13. The van der Waals surface area contributed by atoms with Gasteiger partial charge in [0.2, 0.25) is 0 Å². The van der Waals surface area contributed by atoms with E-state index in [9.17, 15) is 0 Å². The molecule has 0 aromatic carbocycles. The van der Waals surface area contributed by atoms with Crippen LogP contribution in [0.3, 0.4) is 0 Å². The van der Waals surface area contributed by atoms with E-state index in [0.717, 1.165) is 25.3 Å². The Balaban J connectivity index is 2.41. The molecule has 0 fully saturated rings. The van der Waals surface area contributed by atoms with Crippen molar-refractivity contribution < 1.29 is 0 Å². The Bertz CT molecular complexity index is 322. The second kappa shape index (κ2) is 6.01. The summed E-state index contributed by atoms with van der Waals surface area (Å²) in [6.45, 7) is 8.68. The van der Waals surface area contributed by atoms with Gasteiger partial charge in [0.15, 0.2) is 0 Å². The second-order valence-electron chi connectivity index (χ2n) is 5.77. The molecule has 17 heavy (non-hydrogen) atoms. The third kappa shape index (κ3) is 5.18. The third-order valence-electron chi connectivity index (χ3n) is 2.72. The van der Waals surface area contributed by atoms with Gasteiger partial charge in [0.05, 0.1) is 0 Å². The molecule has 0 bridgehead atoms. The van der Waals surface area contributed by atoms with Crippen LogP contribution in [0.1, 0.15) is 32.8 Å². The van der Waals surface area contributed by atoms with Gasteiger partial charge in [-0.15, -0.1) is 0 Å². The van der Waals surface area contributed by atoms with Crippen LogP contribution in [0.4, 0.5) is 5.82 Å². The van der Waals surface area contributed by atoms with Gasteiger partial charge in [0, 0.05) is 12.7 Å².